The van der Waals surface area contributed by atoms with E-state index in [-0.39, 0.29) is 11.0 Å². The smallest absolute Gasteiger partial charge is 0.344 e. The van der Waals surface area contributed by atoms with Crippen LogP contribution in [0.25, 0.3) is 0 Å². The molecule has 1 N–H and O–H groups in total. The van der Waals surface area contributed by atoms with Crippen molar-refractivity contribution in [1.82, 2.24) is 0 Å². The minimum atomic E-state index is -1.39. The first-order chi connectivity index (χ1) is 10.6. The summed E-state index contributed by atoms with van der Waals surface area (Å²) in [6.07, 6.45) is 6.94. The normalized spacial score (nSPS) is 36.4. The van der Waals surface area contributed by atoms with Crippen LogP contribution in [0.15, 0.2) is 35.5 Å². The molecule has 1 heterocycles. The van der Waals surface area contributed by atoms with Crippen molar-refractivity contribution in [2.75, 3.05) is 0 Å². The maximum Gasteiger partial charge on any atom is 0.344 e. The van der Waals surface area contributed by atoms with Gasteiger partial charge in [-0.15, -0.1) is 6.58 Å². The molecule has 124 valence electrons. The fourth-order valence-electron chi connectivity index (χ4n) is 4.18. The van der Waals surface area contributed by atoms with Crippen LogP contribution in [0, 0.1) is 10.8 Å². The predicted molar refractivity (Wildman–Crippen MR) is 86.3 cm³/mol. The van der Waals surface area contributed by atoms with Crippen LogP contribution in [-0.4, -0.2) is 22.6 Å². The minimum Gasteiger partial charge on any atom is -0.386 e. The van der Waals surface area contributed by atoms with Crippen LogP contribution in [0.2, 0.25) is 0 Å². The van der Waals surface area contributed by atoms with Gasteiger partial charge in [0, 0.05) is 11.0 Å². The van der Waals surface area contributed by atoms with E-state index >= 15 is 0 Å². The molecule has 2 atom stereocenters. The van der Waals surface area contributed by atoms with Gasteiger partial charge >= 0.3 is 11.9 Å². The number of hydrogen-bond acceptors (Lipinski definition) is 4. The Hall–Kier alpha value is -1.68. The molecule has 0 aromatic carbocycles. The van der Waals surface area contributed by atoms with Crippen molar-refractivity contribution >= 4 is 11.9 Å². The maximum atomic E-state index is 12.5. The second-order valence-electron chi connectivity index (χ2n) is 7.90. The summed E-state index contributed by atoms with van der Waals surface area (Å²) in [7, 11) is 0. The van der Waals surface area contributed by atoms with E-state index in [1.807, 2.05) is 20.8 Å². The van der Waals surface area contributed by atoms with Crippen molar-refractivity contribution in [3.63, 3.8) is 0 Å². The molecular formula is C19H24O4. The molecule has 4 heteroatoms. The number of rotatable bonds is 1. The lowest BCUT2D eigenvalue weighted by atomic mass is 9.63. The van der Waals surface area contributed by atoms with Gasteiger partial charge in [0.25, 0.3) is 0 Å². The Morgan fingerprint density at radius 2 is 1.87 bits per heavy atom. The first kappa shape index (κ1) is 16.2. The Morgan fingerprint density at radius 3 is 2.52 bits per heavy atom. The van der Waals surface area contributed by atoms with Crippen LogP contribution in [0.3, 0.4) is 0 Å². The van der Waals surface area contributed by atoms with Gasteiger partial charge < -0.3 is 9.84 Å². The Balaban J connectivity index is 2.26. The van der Waals surface area contributed by atoms with E-state index in [2.05, 4.69) is 6.58 Å². The number of allylic oxidation sites excluding steroid dienone is 2. The monoisotopic (exact) mass is 316 g/mol. The second kappa shape index (κ2) is 4.91. The minimum absolute atomic E-state index is 0.196. The van der Waals surface area contributed by atoms with Crippen molar-refractivity contribution in [2.24, 2.45) is 10.8 Å². The van der Waals surface area contributed by atoms with Crippen LogP contribution in [0.5, 0.6) is 0 Å². The molecule has 23 heavy (non-hydrogen) atoms. The number of esters is 2. The SMILES string of the molecule is C=C[C@]1(C)C=C2C(=O)OC(=O)C3=C(CCCC3(C)C)[C@]2(O)CC1. The Labute approximate surface area is 136 Å². The molecule has 3 rings (SSSR count). The Bertz CT molecular complexity index is 667. The molecular weight excluding hydrogens is 292 g/mol. The van der Waals surface area contributed by atoms with Gasteiger partial charge in [-0.2, -0.15) is 0 Å². The van der Waals surface area contributed by atoms with E-state index in [0.29, 0.717) is 30.4 Å². The number of hydrogen-bond donors (Lipinski definition) is 1. The molecule has 3 aliphatic rings. The highest BCUT2D eigenvalue weighted by molar-refractivity contribution is 6.07. The summed E-state index contributed by atoms with van der Waals surface area (Å²) in [5, 5.41) is 11.4. The number of cyclic esters (lactones) is 2. The van der Waals surface area contributed by atoms with Crippen molar-refractivity contribution in [2.45, 2.75) is 58.5 Å². The standard InChI is InChI=1S/C19H24O4/c1-5-18(4)9-10-19(22)12-7-6-8-17(2,3)14(12)16(21)23-15(20)13(19)11-18/h5,11,22H,1,6-10H2,2-4H3/t18-,19+/m0/s1. The highest BCUT2D eigenvalue weighted by Crippen LogP contribution is 2.52. The van der Waals surface area contributed by atoms with Gasteiger partial charge in [-0.3, -0.25) is 0 Å². The second-order valence-corrected chi connectivity index (χ2v) is 7.90. The average molecular weight is 316 g/mol. The molecule has 0 aromatic rings. The van der Waals surface area contributed by atoms with Gasteiger partial charge in [0.05, 0.1) is 5.57 Å². The quantitative estimate of drug-likeness (QED) is 0.458. The zero-order valence-electron chi connectivity index (χ0n) is 14.1. The van der Waals surface area contributed by atoms with E-state index in [4.69, 9.17) is 4.74 Å². The molecule has 0 amide bonds. The lowest BCUT2D eigenvalue weighted by Gasteiger charge is -2.43. The molecule has 0 bridgehead atoms. The molecule has 2 aliphatic carbocycles. The topological polar surface area (TPSA) is 63.6 Å². The molecule has 0 fully saturated rings. The number of ether oxygens (including phenoxy) is 1. The van der Waals surface area contributed by atoms with Gasteiger partial charge in [0.2, 0.25) is 0 Å². The number of carbonyl (C=O) groups is 2. The third-order valence-corrected chi connectivity index (χ3v) is 5.73. The van der Waals surface area contributed by atoms with Gasteiger partial charge in [-0.05, 0) is 43.1 Å². The van der Waals surface area contributed by atoms with Crippen molar-refractivity contribution < 1.29 is 19.4 Å². The van der Waals surface area contributed by atoms with Crippen LogP contribution in [0.4, 0.5) is 0 Å². The number of aliphatic hydroxyl groups is 1. The molecule has 0 unspecified atom stereocenters. The third kappa shape index (κ3) is 2.31. The highest BCUT2D eigenvalue weighted by atomic mass is 16.6. The van der Waals surface area contributed by atoms with E-state index in [9.17, 15) is 14.7 Å². The molecule has 0 radical (unpaired) electrons. The number of carbonyl (C=O) groups excluding carboxylic acids is 2. The summed E-state index contributed by atoms with van der Waals surface area (Å²) in [6.45, 7) is 9.74. The summed E-state index contributed by atoms with van der Waals surface area (Å²) >= 11 is 0. The fraction of sp³-hybridized carbons (Fsp3) is 0.579. The zero-order chi connectivity index (χ0) is 17.0. The Kier molecular flexibility index (Phi) is 3.45. The van der Waals surface area contributed by atoms with E-state index in [1.54, 1.807) is 12.2 Å². The van der Waals surface area contributed by atoms with Gasteiger partial charge in [-0.25, -0.2) is 9.59 Å². The van der Waals surface area contributed by atoms with Crippen LogP contribution >= 0.6 is 0 Å². The Morgan fingerprint density at radius 1 is 1.17 bits per heavy atom. The first-order valence-electron chi connectivity index (χ1n) is 8.23. The molecule has 0 aromatic heterocycles. The van der Waals surface area contributed by atoms with Gasteiger partial charge in [0.1, 0.15) is 5.60 Å². The summed E-state index contributed by atoms with van der Waals surface area (Å²) in [4.78, 5) is 25.0. The summed E-state index contributed by atoms with van der Waals surface area (Å²) in [5.41, 5.74) is -0.790. The number of fused-ring (bicyclic) bond motifs is 2. The fourth-order valence-corrected chi connectivity index (χ4v) is 4.18. The van der Waals surface area contributed by atoms with E-state index < -0.39 is 23.0 Å². The van der Waals surface area contributed by atoms with Crippen molar-refractivity contribution in [3.8, 4) is 0 Å². The van der Waals surface area contributed by atoms with Crippen LogP contribution < -0.4 is 0 Å². The molecule has 4 nitrogen and oxygen atoms in total. The molecule has 0 saturated heterocycles. The van der Waals surface area contributed by atoms with E-state index in [0.717, 1.165) is 12.8 Å². The largest absolute Gasteiger partial charge is 0.386 e. The summed E-state index contributed by atoms with van der Waals surface area (Å²) in [5.74, 6) is -1.32. The first-order valence-corrected chi connectivity index (χ1v) is 8.23. The lowest BCUT2D eigenvalue weighted by Crippen LogP contribution is -2.43. The average Bonchev–Trinajstić information content (AvgIpc) is 2.55. The highest BCUT2D eigenvalue weighted by Gasteiger charge is 2.52. The third-order valence-electron chi connectivity index (χ3n) is 5.73. The predicted octanol–water partition coefficient (Wildman–Crippen LogP) is 3.22. The van der Waals surface area contributed by atoms with Crippen LogP contribution in [0.1, 0.15) is 52.9 Å². The zero-order valence-corrected chi connectivity index (χ0v) is 14.1. The van der Waals surface area contributed by atoms with Crippen molar-refractivity contribution in [3.05, 3.63) is 35.5 Å². The summed E-state index contributed by atoms with van der Waals surface area (Å²) in [6, 6.07) is 0. The van der Waals surface area contributed by atoms with Gasteiger partial charge in [0.15, 0.2) is 0 Å². The lowest BCUT2D eigenvalue weighted by molar-refractivity contribution is -0.155. The van der Waals surface area contributed by atoms with Crippen LogP contribution in [-0.2, 0) is 14.3 Å². The molecule has 0 spiro atoms. The van der Waals surface area contributed by atoms with E-state index in [1.165, 1.54) is 0 Å². The molecule has 1 aliphatic heterocycles. The van der Waals surface area contributed by atoms with Gasteiger partial charge in [-0.1, -0.05) is 32.9 Å². The maximum absolute atomic E-state index is 12.5. The summed E-state index contributed by atoms with van der Waals surface area (Å²) < 4.78 is 5.09. The van der Waals surface area contributed by atoms with Crippen molar-refractivity contribution in [1.29, 1.82) is 0 Å². The molecule has 0 saturated carbocycles.